The molecule has 66 valence electrons. The molecular weight excluding hydrogens is 164 g/mol. The van der Waals surface area contributed by atoms with Crippen molar-refractivity contribution < 1.29 is 13.9 Å². The molecule has 0 radical (unpaired) electrons. The van der Waals surface area contributed by atoms with Crippen LogP contribution in [0.15, 0.2) is 12.3 Å². The topological polar surface area (TPSA) is 33.1 Å². The van der Waals surface area contributed by atoms with Gasteiger partial charge >= 0.3 is 0 Å². The maximum atomic E-state index is 12.2. The van der Waals surface area contributed by atoms with Crippen molar-refractivity contribution in [1.82, 2.24) is 4.98 Å². The van der Waals surface area contributed by atoms with Crippen LogP contribution in [0.4, 0.5) is 8.78 Å². The van der Waals surface area contributed by atoms with E-state index >= 15 is 0 Å². The number of rotatable bonds is 2. The highest BCUT2D eigenvalue weighted by atomic mass is 19.3. The zero-order valence-electron chi connectivity index (χ0n) is 6.59. The van der Waals surface area contributed by atoms with E-state index in [0.29, 0.717) is 5.56 Å². The Kier molecular flexibility index (Phi) is 2.70. The van der Waals surface area contributed by atoms with E-state index in [1.54, 1.807) is 6.92 Å². The number of alkyl halides is 2. The first-order valence-corrected chi connectivity index (χ1v) is 3.49. The summed E-state index contributed by atoms with van der Waals surface area (Å²) in [6.45, 7) is 1.24. The van der Waals surface area contributed by atoms with Crippen LogP contribution in [0.2, 0.25) is 0 Å². The van der Waals surface area contributed by atoms with Crippen molar-refractivity contribution in [3.05, 3.63) is 29.1 Å². The Morgan fingerprint density at radius 1 is 1.58 bits per heavy atom. The molecule has 0 unspecified atom stereocenters. The van der Waals surface area contributed by atoms with E-state index in [-0.39, 0.29) is 11.3 Å². The summed E-state index contributed by atoms with van der Waals surface area (Å²) in [4.78, 5) is 3.69. The molecule has 0 aliphatic heterocycles. The minimum absolute atomic E-state index is 0.0515. The van der Waals surface area contributed by atoms with Crippen molar-refractivity contribution >= 4 is 0 Å². The standard InChI is InChI=1S/C8H9F2NO/c1-5-2-6(8(9)10)7(4-12)11-3-5/h2-3,8,12H,4H2,1H3. The number of aliphatic hydroxyl groups is 1. The number of halogens is 2. The molecule has 0 saturated heterocycles. The average Bonchev–Trinajstić information content (AvgIpc) is 2.04. The summed E-state index contributed by atoms with van der Waals surface area (Å²) >= 11 is 0. The second-order valence-electron chi connectivity index (χ2n) is 2.51. The van der Waals surface area contributed by atoms with Crippen LogP contribution in [-0.2, 0) is 6.61 Å². The third-order valence-electron chi connectivity index (χ3n) is 1.53. The van der Waals surface area contributed by atoms with Gasteiger partial charge in [0.05, 0.1) is 12.3 Å². The fourth-order valence-electron chi connectivity index (χ4n) is 0.941. The number of hydrogen-bond acceptors (Lipinski definition) is 2. The van der Waals surface area contributed by atoms with Gasteiger partial charge in [0.15, 0.2) is 0 Å². The van der Waals surface area contributed by atoms with Crippen molar-refractivity contribution in [1.29, 1.82) is 0 Å². The van der Waals surface area contributed by atoms with Gasteiger partial charge < -0.3 is 5.11 Å². The van der Waals surface area contributed by atoms with Crippen LogP contribution in [0, 0.1) is 6.92 Å². The van der Waals surface area contributed by atoms with Crippen molar-refractivity contribution in [3.63, 3.8) is 0 Å². The Hall–Kier alpha value is -1.03. The van der Waals surface area contributed by atoms with Gasteiger partial charge in [-0.2, -0.15) is 0 Å². The van der Waals surface area contributed by atoms with E-state index < -0.39 is 13.0 Å². The number of pyridine rings is 1. The van der Waals surface area contributed by atoms with Gasteiger partial charge in [0, 0.05) is 11.8 Å². The number of hydrogen-bond donors (Lipinski definition) is 1. The van der Waals surface area contributed by atoms with Gasteiger partial charge in [-0.3, -0.25) is 4.98 Å². The molecule has 2 nitrogen and oxygen atoms in total. The van der Waals surface area contributed by atoms with Gasteiger partial charge in [0.25, 0.3) is 6.43 Å². The molecule has 0 aliphatic carbocycles. The second-order valence-corrected chi connectivity index (χ2v) is 2.51. The average molecular weight is 173 g/mol. The molecule has 0 spiro atoms. The Morgan fingerprint density at radius 3 is 2.75 bits per heavy atom. The van der Waals surface area contributed by atoms with Gasteiger partial charge in [-0.1, -0.05) is 0 Å². The zero-order valence-corrected chi connectivity index (χ0v) is 6.59. The van der Waals surface area contributed by atoms with E-state index in [9.17, 15) is 8.78 Å². The molecule has 1 N–H and O–H groups in total. The van der Waals surface area contributed by atoms with Crippen LogP contribution < -0.4 is 0 Å². The summed E-state index contributed by atoms with van der Waals surface area (Å²) in [6.07, 6.45) is -1.11. The summed E-state index contributed by atoms with van der Waals surface area (Å²) in [5, 5.41) is 8.66. The molecule has 0 fully saturated rings. The normalized spacial score (nSPS) is 10.8. The number of aryl methyl sites for hydroxylation is 1. The fourth-order valence-corrected chi connectivity index (χ4v) is 0.941. The summed E-state index contributed by atoms with van der Waals surface area (Å²) in [6, 6.07) is 1.34. The lowest BCUT2D eigenvalue weighted by molar-refractivity contribution is 0.146. The van der Waals surface area contributed by atoms with Gasteiger partial charge in [-0.15, -0.1) is 0 Å². The van der Waals surface area contributed by atoms with E-state index in [0.717, 1.165) is 0 Å². The molecule has 4 heteroatoms. The second kappa shape index (κ2) is 3.58. The van der Waals surface area contributed by atoms with Gasteiger partial charge in [0.2, 0.25) is 0 Å². The molecule has 1 rings (SSSR count). The summed E-state index contributed by atoms with van der Waals surface area (Å²) in [5.74, 6) is 0. The minimum atomic E-state index is -2.57. The first-order chi connectivity index (χ1) is 5.65. The van der Waals surface area contributed by atoms with Crippen molar-refractivity contribution in [2.45, 2.75) is 20.0 Å². The Labute approximate surface area is 68.9 Å². The highest BCUT2D eigenvalue weighted by Gasteiger charge is 2.13. The number of aromatic nitrogens is 1. The van der Waals surface area contributed by atoms with Crippen LogP contribution in [0.1, 0.15) is 23.2 Å². The number of nitrogens with zero attached hydrogens (tertiary/aromatic N) is 1. The maximum Gasteiger partial charge on any atom is 0.265 e. The lowest BCUT2D eigenvalue weighted by Gasteiger charge is -2.05. The number of aliphatic hydroxyl groups excluding tert-OH is 1. The molecule has 0 bridgehead atoms. The molecule has 0 saturated carbocycles. The van der Waals surface area contributed by atoms with Crippen molar-refractivity contribution in [2.75, 3.05) is 0 Å². The van der Waals surface area contributed by atoms with Crippen LogP contribution in [0.5, 0.6) is 0 Å². The Morgan fingerprint density at radius 2 is 2.25 bits per heavy atom. The minimum Gasteiger partial charge on any atom is -0.390 e. The van der Waals surface area contributed by atoms with E-state index in [2.05, 4.69) is 4.98 Å². The third kappa shape index (κ3) is 1.76. The third-order valence-corrected chi connectivity index (χ3v) is 1.53. The molecule has 12 heavy (non-hydrogen) atoms. The monoisotopic (exact) mass is 173 g/mol. The van der Waals surface area contributed by atoms with E-state index in [4.69, 9.17) is 5.11 Å². The zero-order chi connectivity index (χ0) is 9.14. The lowest BCUT2D eigenvalue weighted by Crippen LogP contribution is -1.98. The largest absolute Gasteiger partial charge is 0.390 e. The molecule has 0 atom stereocenters. The summed E-state index contributed by atoms with van der Waals surface area (Å²) in [5.41, 5.74) is 0.538. The highest BCUT2D eigenvalue weighted by molar-refractivity contribution is 5.25. The van der Waals surface area contributed by atoms with E-state index in [1.165, 1.54) is 12.3 Å². The van der Waals surface area contributed by atoms with Crippen LogP contribution >= 0.6 is 0 Å². The molecule has 0 aliphatic rings. The van der Waals surface area contributed by atoms with Gasteiger partial charge in [0.1, 0.15) is 0 Å². The molecule has 1 aromatic rings. The first kappa shape index (κ1) is 9.06. The maximum absolute atomic E-state index is 12.2. The fraction of sp³-hybridized carbons (Fsp3) is 0.375. The highest BCUT2D eigenvalue weighted by Crippen LogP contribution is 2.22. The van der Waals surface area contributed by atoms with Gasteiger partial charge in [-0.25, -0.2) is 8.78 Å². The smallest absolute Gasteiger partial charge is 0.265 e. The van der Waals surface area contributed by atoms with Gasteiger partial charge in [-0.05, 0) is 18.6 Å². The van der Waals surface area contributed by atoms with Crippen LogP contribution in [0.3, 0.4) is 0 Å². The van der Waals surface area contributed by atoms with Crippen LogP contribution in [0.25, 0.3) is 0 Å². The van der Waals surface area contributed by atoms with Crippen molar-refractivity contribution in [3.8, 4) is 0 Å². The SMILES string of the molecule is Cc1cnc(CO)c(C(F)F)c1. The Balaban J connectivity index is 3.12. The Bertz CT molecular complexity index is 276. The lowest BCUT2D eigenvalue weighted by atomic mass is 10.1. The summed E-state index contributed by atoms with van der Waals surface area (Å²) < 4.78 is 24.5. The van der Waals surface area contributed by atoms with E-state index in [1.807, 2.05) is 0 Å². The quantitative estimate of drug-likeness (QED) is 0.739. The molecule has 1 aromatic heterocycles. The molecule has 0 aromatic carbocycles. The predicted molar refractivity (Wildman–Crippen MR) is 39.9 cm³/mol. The molecular formula is C8H9F2NO. The van der Waals surface area contributed by atoms with Crippen molar-refractivity contribution in [2.24, 2.45) is 0 Å². The molecule has 0 amide bonds. The van der Waals surface area contributed by atoms with Crippen LogP contribution in [-0.4, -0.2) is 10.1 Å². The molecule has 1 heterocycles. The first-order valence-electron chi connectivity index (χ1n) is 3.49. The predicted octanol–water partition coefficient (Wildman–Crippen LogP) is 1.82. The summed E-state index contributed by atoms with van der Waals surface area (Å²) in [7, 11) is 0.